The molecule has 6 nitrogen and oxygen atoms in total. The Morgan fingerprint density at radius 2 is 2.00 bits per heavy atom. The number of hydrogen-bond acceptors (Lipinski definition) is 4. The van der Waals surface area contributed by atoms with Gasteiger partial charge in [-0.15, -0.1) is 0 Å². The summed E-state index contributed by atoms with van der Waals surface area (Å²) in [6, 6.07) is 6.75. The van der Waals surface area contributed by atoms with Gasteiger partial charge in [-0.2, -0.15) is 4.31 Å². The summed E-state index contributed by atoms with van der Waals surface area (Å²) < 4.78 is 27.1. The van der Waals surface area contributed by atoms with E-state index in [4.69, 9.17) is 0 Å². The van der Waals surface area contributed by atoms with E-state index in [9.17, 15) is 13.2 Å². The number of sulfonamides is 1. The quantitative estimate of drug-likeness (QED) is 0.828. The van der Waals surface area contributed by atoms with E-state index in [1.807, 2.05) is 0 Å². The lowest BCUT2D eigenvalue weighted by Crippen LogP contribution is -2.40. The first-order valence-corrected chi connectivity index (χ1v) is 10.5. The van der Waals surface area contributed by atoms with Crippen LogP contribution in [-0.2, 0) is 21.4 Å². The smallest absolute Gasteiger partial charge is 0.243 e. The molecule has 0 spiro atoms. The fourth-order valence-corrected chi connectivity index (χ4v) is 5.11. The van der Waals surface area contributed by atoms with Gasteiger partial charge in [-0.05, 0) is 55.8 Å². The number of carbonyl (C=O) groups is 1. The van der Waals surface area contributed by atoms with Gasteiger partial charge in [-0.1, -0.05) is 19.1 Å². The molecule has 2 N–H and O–H groups in total. The second-order valence-corrected chi connectivity index (χ2v) is 9.06. The van der Waals surface area contributed by atoms with E-state index in [0.29, 0.717) is 30.4 Å². The van der Waals surface area contributed by atoms with Gasteiger partial charge in [0, 0.05) is 19.6 Å². The average molecular weight is 365 g/mol. The van der Waals surface area contributed by atoms with Gasteiger partial charge in [0.05, 0.1) is 10.9 Å². The predicted octanol–water partition coefficient (Wildman–Crippen LogP) is 1.48. The molecule has 0 aromatic heterocycles. The molecule has 2 aliphatic rings. The van der Waals surface area contributed by atoms with Crippen LogP contribution in [0.25, 0.3) is 0 Å². The van der Waals surface area contributed by atoms with Crippen LogP contribution in [-0.4, -0.2) is 44.3 Å². The molecular weight excluding hydrogens is 338 g/mol. The molecule has 2 fully saturated rings. The van der Waals surface area contributed by atoms with Crippen molar-refractivity contribution in [3.63, 3.8) is 0 Å². The van der Waals surface area contributed by atoms with Gasteiger partial charge in [0.2, 0.25) is 15.9 Å². The van der Waals surface area contributed by atoms with Crippen molar-refractivity contribution in [2.75, 3.05) is 19.6 Å². The molecule has 0 radical (unpaired) electrons. The number of amides is 1. The normalized spacial score (nSPS) is 25.0. The molecule has 25 heavy (non-hydrogen) atoms. The van der Waals surface area contributed by atoms with Crippen LogP contribution in [0.15, 0.2) is 29.2 Å². The van der Waals surface area contributed by atoms with Crippen molar-refractivity contribution in [2.24, 2.45) is 5.92 Å². The molecule has 2 atom stereocenters. The molecule has 7 heteroatoms. The highest BCUT2D eigenvalue weighted by Gasteiger charge is 2.28. The highest BCUT2D eigenvalue weighted by molar-refractivity contribution is 7.89. The number of nitrogens with zero attached hydrogens (tertiary/aromatic N) is 1. The highest BCUT2D eigenvalue weighted by atomic mass is 32.2. The minimum Gasteiger partial charge on any atom is -0.351 e. The van der Waals surface area contributed by atoms with E-state index < -0.39 is 10.0 Å². The third kappa shape index (κ3) is 4.40. The minimum absolute atomic E-state index is 0.0107. The van der Waals surface area contributed by atoms with Gasteiger partial charge in [0.1, 0.15) is 0 Å². The molecule has 2 saturated heterocycles. The van der Waals surface area contributed by atoms with E-state index in [1.54, 1.807) is 28.6 Å². The lowest BCUT2D eigenvalue weighted by molar-refractivity contribution is -0.122. The Hall–Kier alpha value is -1.44. The number of rotatable bonds is 5. The minimum atomic E-state index is -3.42. The van der Waals surface area contributed by atoms with E-state index in [0.717, 1.165) is 37.8 Å². The van der Waals surface area contributed by atoms with Crippen molar-refractivity contribution in [1.29, 1.82) is 0 Å². The molecule has 0 bridgehead atoms. The van der Waals surface area contributed by atoms with E-state index >= 15 is 0 Å². The second kappa shape index (κ2) is 7.85. The Bertz CT molecular complexity index is 697. The first-order chi connectivity index (χ1) is 12.0. The van der Waals surface area contributed by atoms with Crippen LogP contribution < -0.4 is 10.6 Å². The molecule has 1 amide bonds. The fourth-order valence-electron chi connectivity index (χ4n) is 3.51. The van der Waals surface area contributed by atoms with Crippen LogP contribution in [0.2, 0.25) is 0 Å². The Balaban J connectivity index is 1.60. The zero-order valence-electron chi connectivity index (χ0n) is 14.7. The van der Waals surface area contributed by atoms with Gasteiger partial charge in [-0.3, -0.25) is 4.79 Å². The van der Waals surface area contributed by atoms with Crippen molar-refractivity contribution in [3.8, 4) is 0 Å². The lowest BCUT2D eigenvalue weighted by Gasteiger charge is -2.30. The molecule has 138 valence electrons. The molecule has 0 saturated carbocycles. The van der Waals surface area contributed by atoms with E-state index in [2.05, 4.69) is 17.6 Å². The Labute approximate surface area is 150 Å². The molecular formula is C18H27N3O3S. The summed E-state index contributed by atoms with van der Waals surface area (Å²) in [5, 5.41) is 6.07. The Morgan fingerprint density at radius 1 is 1.24 bits per heavy atom. The average Bonchev–Trinajstić information content (AvgIpc) is 3.15. The van der Waals surface area contributed by atoms with Crippen molar-refractivity contribution < 1.29 is 13.2 Å². The third-order valence-electron chi connectivity index (χ3n) is 5.02. The SMILES string of the molecule is CC1CCCN(S(=O)(=O)c2ccc(CNC(=O)C3CCCN3)cc2)C1. The van der Waals surface area contributed by atoms with Crippen molar-refractivity contribution >= 4 is 15.9 Å². The summed E-state index contributed by atoms with van der Waals surface area (Å²) in [5.41, 5.74) is 0.900. The Morgan fingerprint density at radius 3 is 2.64 bits per heavy atom. The summed E-state index contributed by atoms with van der Waals surface area (Å²) in [4.78, 5) is 12.3. The summed E-state index contributed by atoms with van der Waals surface area (Å²) in [6.45, 7) is 4.58. The highest BCUT2D eigenvalue weighted by Crippen LogP contribution is 2.23. The molecule has 0 aliphatic carbocycles. The van der Waals surface area contributed by atoms with Crippen LogP contribution >= 0.6 is 0 Å². The van der Waals surface area contributed by atoms with Crippen molar-refractivity contribution in [1.82, 2.24) is 14.9 Å². The first-order valence-electron chi connectivity index (χ1n) is 9.07. The maximum absolute atomic E-state index is 12.7. The van der Waals surface area contributed by atoms with Crippen LogP contribution in [0.1, 0.15) is 38.2 Å². The van der Waals surface area contributed by atoms with Crippen LogP contribution in [0.4, 0.5) is 0 Å². The van der Waals surface area contributed by atoms with Gasteiger partial charge in [-0.25, -0.2) is 8.42 Å². The largest absolute Gasteiger partial charge is 0.351 e. The molecule has 2 aliphatic heterocycles. The summed E-state index contributed by atoms with van der Waals surface area (Å²) in [7, 11) is -3.42. The van der Waals surface area contributed by atoms with Gasteiger partial charge < -0.3 is 10.6 Å². The third-order valence-corrected chi connectivity index (χ3v) is 6.90. The van der Waals surface area contributed by atoms with Gasteiger partial charge >= 0.3 is 0 Å². The molecule has 2 unspecified atom stereocenters. The number of piperidine rings is 1. The standard InChI is InChI=1S/C18H27N3O3S/c1-14-4-3-11-21(13-14)25(23,24)16-8-6-15(7-9-16)12-20-18(22)17-5-2-10-19-17/h6-9,14,17,19H,2-5,10-13H2,1H3,(H,20,22). The zero-order valence-corrected chi connectivity index (χ0v) is 15.5. The van der Waals surface area contributed by atoms with Crippen LogP contribution in [0.5, 0.6) is 0 Å². The number of benzene rings is 1. The van der Waals surface area contributed by atoms with Crippen molar-refractivity contribution in [3.05, 3.63) is 29.8 Å². The Kier molecular flexibility index (Phi) is 5.76. The summed E-state index contributed by atoms with van der Waals surface area (Å²) >= 11 is 0. The van der Waals surface area contributed by atoms with Gasteiger partial charge in [0.25, 0.3) is 0 Å². The second-order valence-electron chi connectivity index (χ2n) is 7.12. The lowest BCUT2D eigenvalue weighted by atomic mass is 10.0. The first kappa shape index (κ1) is 18.4. The molecule has 1 aromatic rings. The molecule has 3 rings (SSSR count). The zero-order chi connectivity index (χ0) is 17.9. The number of nitrogens with one attached hydrogen (secondary N) is 2. The van der Waals surface area contributed by atoms with E-state index in [-0.39, 0.29) is 11.9 Å². The van der Waals surface area contributed by atoms with Crippen LogP contribution in [0, 0.1) is 5.92 Å². The maximum atomic E-state index is 12.7. The monoisotopic (exact) mass is 365 g/mol. The number of hydrogen-bond donors (Lipinski definition) is 2. The summed E-state index contributed by atoms with van der Waals surface area (Å²) in [5.74, 6) is 0.415. The maximum Gasteiger partial charge on any atom is 0.243 e. The molecule has 1 aromatic carbocycles. The van der Waals surface area contributed by atoms with Gasteiger partial charge in [0.15, 0.2) is 0 Å². The fraction of sp³-hybridized carbons (Fsp3) is 0.611. The predicted molar refractivity (Wildman–Crippen MR) is 96.5 cm³/mol. The van der Waals surface area contributed by atoms with Crippen molar-refractivity contribution in [2.45, 2.75) is 50.1 Å². The van der Waals surface area contributed by atoms with E-state index in [1.165, 1.54) is 0 Å². The topological polar surface area (TPSA) is 78.5 Å². The van der Waals surface area contributed by atoms with Crippen LogP contribution in [0.3, 0.4) is 0 Å². The molecule has 2 heterocycles. The summed E-state index contributed by atoms with van der Waals surface area (Å²) in [6.07, 6.45) is 3.90. The number of carbonyl (C=O) groups excluding carboxylic acids is 1.